The van der Waals surface area contributed by atoms with Crippen LogP contribution in [0.15, 0.2) is 85.7 Å². The molecule has 8 heterocycles. The molecule has 0 amide bonds. The third-order valence-corrected chi connectivity index (χ3v) is 7.54. The summed E-state index contributed by atoms with van der Waals surface area (Å²) in [6.45, 7) is 0. The molecule has 0 saturated carbocycles. The molecule has 8 aromatic heterocycles. The van der Waals surface area contributed by atoms with Crippen LogP contribution < -0.4 is 21.9 Å². The number of aromatic nitrogens is 10. The lowest BCUT2D eigenvalue weighted by atomic mass is 10.1. The van der Waals surface area contributed by atoms with E-state index in [1.165, 1.54) is 6.20 Å². The van der Waals surface area contributed by atoms with Crippen molar-refractivity contribution in [3.8, 4) is 22.5 Å². The van der Waals surface area contributed by atoms with Gasteiger partial charge in [-0.05, 0) is 48.5 Å². The lowest BCUT2D eigenvalue weighted by Crippen LogP contribution is -2.12. The molecule has 0 bridgehead atoms. The van der Waals surface area contributed by atoms with Crippen LogP contribution in [-0.4, -0.2) is 78.0 Å². The van der Waals surface area contributed by atoms with Crippen LogP contribution in [0.25, 0.3) is 55.6 Å². The van der Waals surface area contributed by atoms with Gasteiger partial charge in [-0.2, -0.15) is 0 Å². The van der Waals surface area contributed by atoms with Gasteiger partial charge in [0.1, 0.15) is 11.3 Å². The molecule has 18 nitrogen and oxygen atoms in total. The van der Waals surface area contributed by atoms with Gasteiger partial charge in [0.25, 0.3) is 0 Å². The topological polar surface area (TPSA) is 270 Å². The fourth-order valence-corrected chi connectivity index (χ4v) is 5.73. The highest BCUT2D eigenvalue weighted by atomic mass is 35.7. The molecule has 8 aromatic rings. The van der Waals surface area contributed by atoms with Gasteiger partial charge < -0.3 is 17.2 Å². The van der Waals surface area contributed by atoms with Crippen LogP contribution in [0.5, 0.6) is 0 Å². The summed E-state index contributed by atoms with van der Waals surface area (Å²) in [5.41, 5.74) is 23.7. The first-order valence-electron chi connectivity index (χ1n) is 14.5. The van der Waals surface area contributed by atoms with E-state index in [2.05, 4.69) is 55.3 Å². The number of sulfonamides is 1. The van der Waals surface area contributed by atoms with Crippen molar-refractivity contribution in [2.24, 2.45) is 0 Å². The molecule has 0 aliphatic heterocycles. The number of halogens is 1. The van der Waals surface area contributed by atoms with E-state index < -0.39 is 19.1 Å². The second-order valence-electron chi connectivity index (χ2n) is 10.7. The predicted molar refractivity (Wildman–Crippen MR) is 202 cm³/mol. The molecule has 0 aliphatic rings. The summed E-state index contributed by atoms with van der Waals surface area (Å²) in [7, 11) is -2.17. The maximum absolute atomic E-state index is 11.4. The van der Waals surface area contributed by atoms with Crippen molar-refractivity contribution < 1.29 is 16.8 Å². The maximum Gasteiger partial charge on any atom is 0.237 e. The summed E-state index contributed by atoms with van der Waals surface area (Å²) in [6.07, 6.45) is 11.7. The van der Waals surface area contributed by atoms with E-state index in [4.69, 9.17) is 17.2 Å². The minimum Gasteiger partial charge on any atom is -0.369 e. The van der Waals surface area contributed by atoms with Crippen molar-refractivity contribution in [3.05, 3.63) is 85.7 Å². The average molecular weight is 763 g/mol. The summed E-state index contributed by atoms with van der Waals surface area (Å²) >= 11 is 0. The summed E-state index contributed by atoms with van der Waals surface area (Å²) in [5.74, 6) is 0.907. The van der Waals surface area contributed by atoms with Gasteiger partial charge in [-0.1, -0.05) is 7.43 Å². The third kappa shape index (κ3) is 7.88. The number of fused-ring (bicyclic) bond motifs is 6. The molecular formula is C31H31ClN14O4S2. The Kier molecular flexibility index (Phi) is 10.4. The quantitative estimate of drug-likeness (QED) is 0.186. The number of rotatable bonds is 4. The lowest BCUT2D eigenvalue weighted by Gasteiger charge is -2.05. The standard InChI is InChI=1S/C15H13N7O2S.C14H11N7.CH3ClO2S.CH4/c1-25(23,24)21-15-19-7-4-10(20-15)12-9-3-2-6-17-13(9)22-11(12)5-8-18-14(22)16;15-13-18-6-3-9(20-13)11-8-2-1-5-17-12(8)21-10(11)4-7-19-14(21)16;1-5(2,3)4;/h2-8H,1H3,(H2,16,18)(H,19,20,21);1-7H,(H2,16,19)(H2,15,18,20);1H3;1H4. The normalized spacial score (nSPS) is 11.4. The molecule has 0 saturated heterocycles. The zero-order valence-electron chi connectivity index (χ0n) is 26.6. The first-order chi connectivity index (χ1) is 24.2. The van der Waals surface area contributed by atoms with Gasteiger partial charge in [0, 0.05) is 69.8 Å². The number of nitrogens with two attached hydrogens (primary N) is 3. The summed E-state index contributed by atoms with van der Waals surface area (Å²) in [6, 6.07) is 14.8. The molecule has 0 aromatic carbocycles. The fraction of sp³-hybridized carbons (Fsp3) is 0.0968. The van der Waals surface area contributed by atoms with E-state index in [-0.39, 0.29) is 19.3 Å². The Labute approximate surface area is 301 Å². The number of hydrogen-bond acceptors (Lipinski definition) is 15. The number of anilines is 4. The zero-order chi connectivity index (χ0) is 36.5. The highest BCUT2D eigenvalue weighted by Gasteiger charge is 2.19. The molecule has 0 fully saturated rings. The molecule has 0 radical (unpaired) electrons. The van der Waals surface area contributed by atoms with Gasteiger partial charge in [0.2, 0.25) is 42.9 Å². The minimum absolute atomic E-state index is 0. The van der Waals surface area contributed by atoms with Crippen LogP contribution in [0, 0.1) is 0 Å². The molecule has 0 unspecified atom stereocenters. The van der Waals surface area contributed by atoms with Gasteiger partial charge in [0.05, 0.1) is 34.9 Å². The fourth-order valence-electron chi connectivity index (χ4n) is 5.30. The predicted octanol–water partition coefficient (Wildman–Crippen LogP) is 3.62. The van der Waals surface area contributed by atoms with E-state index in [1.807, 2.05) is 40.8 Å². The van der Waals surface area contributed by atoms with Crippen molar-refractivity contribution in [1.82, 2.24) is 48.7 Å². The Bertz CT molecular complexity index is 2800. The van der Waals surface area contributed by atoms with Crippen molar-refractivity contribution in [2.45, 2.75) is 7.43 Å². The van der Waals surface area contributed by atoms with Gasteiger partial charge in [0.15, 0.2) is 0 Å². The van der Waals surface area contributed by atoms with Crippen molar-refractivity contribution in [2.75, 3.05) is 34.4 Å². The van der Waals surface area contributed by atoms with Gasteiger partial charge in [-0.3, -0.25) is 13.5 Å². The number of nitrogens with one attached hydrogen (secondary N) is 1. The Balaban J connectivity index is 0.000000177. The second kappa shape index (κ2) is 14.5. The Hall–Kier alpha value is -6.25. The van der Waals surface area contributed by atoms with Crippen LogP contribution in [0.2, 0.25) is 0 Å². The van der Waals surface area contributed by atoms with Crippen molar-refractivity contribution >= 4 is 86.7 Å². The van der Waals surface area contributed by atoms with Gasteiger partial charge in [-0.15, -0.1) is 0 Å². The minimum atomic E-state index is -3.48. The molecule has 52 heavy (non-hydrogen) atoms. The number of nitrogen functional groups attached to an aromatic ring is 3. The van der Waals surface area contributed by atoms with Crippen LogP contribution in [0.1, 0.15) is 7.43 Å². The molecule has 0 aliphatic carbocycles. The highest BCUT2D eigenvalue weighted by Crippen LogP contribution is 2.35. The Morgan fingerprint density at radius 1 is 0.615 bits per heavy atom. The monoisotopic (exact) mass is 762 g/mol. The molecule has 21 heteroatoms. The van der Waals surface area contributed by atoms with E-state index in [9.17, 15) is 16.8 Å². The van der Waals surface area contributed by atoms with Crippen LogP contribution in [0.3, 0.4) is 0 Å². The average Bonchev–Trinajstić information content (AvgIpc) is 3.58. The second-order valence-corrected chi connectivity index (χ2v) is 15.5. The van der Waals surface area contributed by atoms with Crippen molar-refractivity contribution in [3.63, 3.8) is 0 Å². The first-order valence-corrected chi connectivity index (χ1v) is 19.1. The summed E-state index contributed by atoms with van der Waals surface area (Å²) in [5, 5.41) is 1.77. The van der Waals surface area contributed by atoms with Crippen molar-refractivity contribution in [1.29, 1.82) is 0 Å². The molecule has 268 valence electrons. The highest BCUT2D eigenvalue weighted by molar-refractivity contribution is 8.13. The maximum atomic E-state index is 11.4. The number of nitrogens with zero attached hydrogens (tertiary/aromatic N) is 10. The smallest absolute Gasteiger partial charge is 0.237 e. The van der Waals surface area contributed by atoms with Crippen LogP contribution in [0.4, 0.5) is 23.8 Å². The van der Waals surface area contributed by atoms with Gasteiger partial charge >= 0.3 is 0 Å². The number of pyridine rings is 2. The first kappa shape index (κ1) is 37.0. The van der Waals surface area contributed by atoms with E-state index in [1.54, 1.807) is 47.5 Å². The van der Waals surface area contributed by atoms with Crippen LogP contribution >= 0.6 is 10.7 Å². The van der Waals surface area contributed by atoms with E-state index in [0.717, 1.165) is 56.8 Å². The Morgan fingerprint density at radius 3 is 1.52 bits per heavy atom. The van der Waals surface area contributed by atoms with Crippen LogP contribution in [-0.2, 0) is 19.1 Å². The molecule has 0 spiro atoms. The van der Waals surface area contributed by atoms with Gasteiger partial charge in [-0.25, -0.2) is 56.7 Å². The Morgan fingerprint density at radius 2 is 1.06 bits per heavy atom. The molecule has 8 rings (SSSR count). The summed E-state index contributed by atoms with van der Waals surface area (Å²) < 4.78 is 47.5. The molecular weight excluding hydrogens is 732 g/mol. The molecule has 7 N–H and O–H groups in total. The number of hydrogen-bond donors (Lipinski definition) is 4. The summed E-state index contributed by atoms with van der Waals surface area (Å²) in [4.78, 5) is 33.5. The van der Waals surface area contributed by atoms with E-state index >= 15 is 0 Å². The largest absolute Gasteiger partial charge is 0.369 e. The zero-order valence-corrected chi connectivity index (χ0v) is 29.0. The van der Waals surface area contributed by atoms with E-state index in [0.29, 0.717) is 23.2 Å². The lowest BCUT2D eigenvalue weighted by molar-refractivity contribution is 0.606. The SMILES string of the molecule is C.CS(=O)(=O)Cl.CS(=O)(=O)Nc1nccc(-c2c3cccnc3n3c(N)nccc23)n1.Nc1nccc(-c2c3cccnc3n3c(N)nccc23)n1. The third-order valence-electron chi connectivity index (χ3n) is 6.99. The molecule has 0 atom stereocenters.